The summed E-state index contributed by atoms with van der Waals surface area (Å²) < 4.78 is 0. The predicted octanol–water partition coefficient (Wildman–Crippen LogP) is 2.64. The number of hydrogen-bond donors (Lipinski definition) is 2. The van der Waals surface area contributed by atoms with Crippen LogP contribution in [0.25, 0.3) is 0 Å². The topological polar surface area (TPSA) is 73.4 Å². The van der Waals surface area contributed by atoms with Crippen molar-refractivity contribution in [3.63, 3.8) is 0 Å². The summed E-state index contributed by atoms with van der Waals surface area (Å²) in [5.74, 6) is 0.339. The molecular weight excluding hydrogens is 302 g/mol. The summed E-state index contributed by atoms with van der Waals surface area (Å²) >= 11 is 0. The van der Waals surface area contributed by atoms with E-state index in [1.54, 1.807) is 13.1 Å². The van der Waals surface area contributed by atoms with E-state index >= 15 is 0 Å². The Labute approximate surface area is 141 Å². The molecule has 0 amide bonds. The van der Waals surface area contributed by atoms with Gasteiger partial charge in [0.2, 0.25) is 5.95 Å². The number of nitrogens with one attached hydrogen (secondary N) is 2. The van der Waals surface area contributed by atoms with Gasteiger partial charge in [-0.15, -0.1) is 0 Å². The molecule has 0 spiro atoms. The minimum Gasteiger partial charge on any atom is -0.371 e. The number of H-pyrrole nitrogens is 1. The van der Waals surface area contributed by atoms with Crippen molar-refractivity contribution in [1.82, 2.24) is 9.97 Å². The molecule has 126 valence electrons. The molecule has 3 rings (SSSR count). The molecule has 0 aliphatic carbocycles. The molecule has 2 N–H and O–H groups in total. The Morgan fingerprint density at radius 2 is 2.12 bits per heavy atom. The number of hydrogen-bond acceptors (Lipinski definition) is 5. The van der Waals surface area contributed by atoms with E-state index in [9.17, 15) is 4.79 Å². The maximum Gasteiger partial charge on any atom is 0.252 e. The third-order valence-corrected chi connectivity index (χ3v) is 4.97. The highest BCUT2D eigenvalue weighted by Crippen LogP contribution is 2.44. The first-order chi connectivity index (χ1) is 11.3. The Kier molecular flexibility index (Phi) is 3.91. The summed E-state index contributed by atoms with van der Waals surface area (Å²) in [6.07, 6.45) is 1.74. The van der Waals surface area contributed by atoms with E-state index in [-0.39, 0.29) is 11.0 Å². The van der Waals surface area contributed by atoms with Crippen LogP contribution in [0.4, 0.5) is 11.6 Å². The average Bonchev–Trinajstić information content (AvgIpc) is 2.68. The maximum absolute atomic E-state index is 11.4. The van der Waals surface area contributed by atoms with E-state index in [0.717, 1.165) is 5.56 Å². The first-order valence-corrected chi connectivity index (χ1v) is 8.03. The molecule has 1 aromatic carbocycles. The van der Waals surface area contributed by atoms with Crippen LogP contribution in [0.1, 0.15) is 37.6 Å². The zero-order valence-corrected chi connectivity index (χ0v) is 14.7. The van der Waals surface area contributed by atoms with Gasteiger partial charge in [0.15, 0.2) is 0 Å². The Morgan fingerprint density at radius 1 is 1.38 bits per heavy atom. The van der Waals surface area contributed by atoms with Gasteiger partial charge in [-0.3, -0.25) is 9.78 Å². The smallest absolute Gasteiger partial charge is 0.252 e. The molecule has 1 aliphatic rings. The van der Waals surface area contributed by atoms with Crippen molar-refractivity contribution in [2.24, 2.45) is 5.10 Å². The number of nitrogens with zero attached hydrogens (tertiary/aromatic N) is 3. The zero-order valence-electron chi connectivity index (χ0n) is 14.7. The summed E-state index contributed by atoms with van der Waals surface area (Å²) in [6.45, 7) is 8.54. The van der Waals surface area contributed by atoms with Crippen LogP contribution in [-0.2, 0) is 5.41 Å². The highest BCUT2D eigenvalue weighted by atomic mass is 16.1. The van der Waals surface area contributed by atoms with Gasteiger partial charge in [-0.2, -0.15) is 5.10 Å². The van der Waals surface area contributed by atoms with E-state index in [1.165, 1.54) is 17.3 Å². The Balaban J connectivity index is 1.82. The molecule has 1 atom stereocenters. The molecule has 24 heavy (non-hydrogen) atoms. The number of aromatic nitrogens is 2. The average molecular weight is 325 g/mol. The van der Waals surface area contributed by atoms with Gasteiger partial charge >= 0.3 is 0 Å². The Bertz CT molecular complexity index is 853. The molecular formula is C18H23N5O. The van der Waals surface area contributed by atoms with Crippen molar-refractivity contribution >= 4 is 17.9 Å². The zero-order chi connectivity index (χ0) is 17.5. The molecule has 6 nitrogen and oxygen atoms in total. The van der Waals surface area contributed by atoms with Crippen LogP contribution in [0.15, 0.2) is 34.2 Å². The Hall–Kier alpha value is -2.63. The second-order valence-electron chi connectivity index (χ2n) is 6.89. The lowest BCUT2D eigenvalue weighted by Crippen LogP contribution is -2.36. The number of hydrazone groups is 1. The standard InChI is InChI=1S/C18H23N5O/c1-11-8-16(24)21-17(20-11)22-19-10-13-6-7-15-14(9-13)18(3,4)12(2)23(15)5/h6-10,12H,1-5H3,(H2,20,21,22,24)/b19-10+. The van der Waals surface area contributed by atoms with Crippen LogP contribution in [0.2, 0.25) is 0 Å². The van der Waals surface area contributed by atoms with Gasteiger partial charge in [0.1, 0.15) is 0 Å². The van der Waals surface area contributed by atoms with Crippen LogP contribution in [0.3, 0.4) is 0 Å². The third-order valence-electron chi connectivity index (χ3n) is 4.97. The highest BCUT2D eigenvalue weighted by molar-refractivity contribution is 5.82. The van der Waals surface area contributed by atoms with E-state index in [2.05, 4.69) is 65.3 Å². The van der Waals surface area contributed by atoms with E-state index in [0.29, 0.717) is 17.7 Å². The van der Waals surface area contributed by atoms with Gasteiger partial charge < -0.3 is 4.90 Å². The molecule has 2 aromatic rings. The highest BCUT2D eigenvalue weighted by Gasteiger charge is 2.39. The van der Waals surface area contributed by atoms with Crippen LogP contribution < -0.4 is 15.9 Å². The number of aromatic amines is 1. The van der Waals surface area contributed by atoms with E-state index < -0.39 is 0 Å². The second-order valence-corrected chi connectivity index (χ2v) is 6.89. The minimum atomic E-state index is -0.198. The number of fused-ring (bicyclic) bond motifs is 1. The minimum absolute atomic E-state index is 0.0880. The summed E-state index contributed by atoms with van der Waals surface area (Å²) in [4.78, 5) is 20.5. The van der Waals surface area contributed by atoms with Crippen molar-refractivity contribution in [2.75, 3.05) is 17.4 Å². The molecule has 1 aliphatic heterocycles. The van der Waals surface area contributed by atoms with Crippen LogP contribution in [0.5, 0.6) is 0 Å². The summed E-state index contributed by atoms with van der Waals surface area (Å²) in [5.41, 5.74) is 6.90. The van der Waals surface area contributed by atoms with Crippen molar-refractivity contribution < 1.29 is 0 Å². The largest absolute Gasteiger partial charge is 0.371 e. The van der Waals surface area contributed by atoms with Crippen LogP contribution >= 0.6 is 0 Å². The first kappa shape index (κ1) is 16.2. The number of benzene rings is 1. The fourth-order valence-corrected chi connectivity index (χ4v) is 3.18. The van der Waals surface area contributed by atoms with Gasteiger partial charge in [-0.25, -0.2) is 10.4 Å². The fraction of sp³-hybridized carbons (Fsp3) is 0.389. The maximum atomic E-state index is 11.4. The number of likely N-dealkylation sites (N-methyl/N-ethyl adjacent to an activating group) is 1. The lowest BCUT2D eigenvalue weighted by molar-refractivity contribution is 0.454. The summed E-state index contributed by atoms with van der Waals surface area (Å²) in [7, 11) is 2.13. The number of aryl methyl sites for hydroxylation is 1. The third kappa shape index (κ3) is 2.79. The number of rotatable bonds is 3. The van der Waals surface area contributed by atoms with Crippen molar-refractivity contribution in [3.8, 4) is 0 Å². The normalized spacial score (nSPS) is 18.9. The predicted molar refractivity (Wildman–Crippen MR) is 98.1 cm³/mol. The molecule has 1 aromatic heterocycles. The van der Waals surface area contributed by atoms with Crippen LogP contribution in [-0.4, -0.2) is 29.3 Å². The van der Waals surface area contributed by atoms with Gasteiger partial charge in [0, 0.05) is 36.0 Å². The van der Waals surface area contributed by atoms with Crippen molar-refractivity contribution in [1.29, 1.82) is 0 Å². The molecule has 0 fully saturated rings. The Morgan fingerprint density at radius 3 is 2.83 bits per heavy atom. The van der Waals surface area contributed by atoms with Crippen molar-refractivity contribution in [3.05, 3.63) is 51.4 Å². The second kappa shape index (κ2) is 5.78. The lowest BCUT2D eigenvalue weighted by atomic mass is 9.81. The van der Waals surface area contributed by atoms with Gasteiger partial charge in [-0.05, 0) is 37.1 Å². The molecule has 0 radical (unpaired) electrons. The molecule has 0 saturated carbocycles. The SMILES string of the molecule is Cc1cc(=O)[nH]c(N/N=C/c2ccc3c(c2)C(C)(C)C(C)N3C)n1. The monoisotopic (exact) mass is 325 g/mol. The molecule has 0 bridgehead atoms. The van der Waals surface area contributed by atoms with Gasteiger partial charge in [0.05, 0.1) is 6.21 Å². The quantitative estimate of drug-likeness (QED) is 0.672. The van der Waals surface area contributed by atoms with Gasteiger partial charge in [0.25, 0.3) is 5.56 Å². The molecule has 2 heterocycles. The van der Waals surface area contributed by atoms with E-state index in [1.807, 2.05) is 6.07 Å². The summed E-state index contributed by atoms with van der Waals surface area (Å²) in [6, 6.07) is 8.23. The molecule has 6 heteroatoms. The van der Waals surface area contributed by atoms with Crippen molar-refractivity contribution in [2.45, 2.75) is 39.2 Å². The summed E-state index contributed by atoms with van der Waals surface area (Å²) in [5, 5.41) is 4.18. The fourth-order valence-electron chi connectivity index (χ4n) is 3.18. The molecule has 1 unspecified atom stereocenters. The molecule has 0 saturated heterocycles. The van der Waals surface area contributed by atoms with Gasteiger partial charge in [-0.1, -0.05) is 19.9 Å². The first-order valence-electron chi connectivity index (χ1n) is 8.03. The van der Waals surface area contributed by atoms with E-state index in [4.69, 9.17) is 0 Å². The number of anilines is 2. The lowest BCUT2D eigenvalue weighted by Gasteiger charge is -2.28. The van der Waals surface area contributed by atoms with Crippen LogP contribution in [0, 0.1) is 6.92 Å².